The SMILES string of the molecule is COC(=O)C1=C(C)Nc2nc(SCc3ccc([N+](=O)[O-])cc3)[nH]c(=O)c2C1c1cccs1. The summed E-state index contributed by atoms with van der Waals surface area (Å²) in [7, 11) is 1.31. The van der Waals surface area contributed by atoms with Crippen molar-refractivity contribution < 1.29 is 14.5 Å². The second-order valence-corrected chi connectivity index (χ2v) is 8.89. The Balaban J connectivity index is 1.66. The molecule has 32 heavy (non-hydrogen) atoms. The predicted molar refractivity (Wildman–Crippen MR) is 122 cm³/mol. The van der Waals surface area contributed by atoms with Crippen LogP contribution in [0.5, 0.6) is 0 Å². The van der Waals surface area contributed by atoms with Gasteiger partial charge in [-0.05, 0) is 23.9 Å². The maximum absolute atomic E-state index is 13.1. The summed E-state index contributed by atoms with van der Waals surface area (Å²) in [6.45, 7) is 1.75. The van der Waals surface area contributed by atoms with Crippen molar-refractivity contribution in [2.24, 2.45) is 0 Å². The van der Waals surface area contributed by atoms with E-state index in [-0.39, 0.29) is 11.2 Å². The van der Waals surface area contributed by atoms with Crippen LogP contribution in [0.15, 0.2) is 63.0 Å². The van der Waals surface area contributed by atoms with Gasteiger partial charge in [0.2, 0.25) is 0 Å². The van der Waals surface area contributed by atoms with E-state index in [1.54, 1.807) is 19.1 Å². The number of allylic oxidation sites excluding steroid dienone is 1. The van der Waals surface area contributed by atoms with E-state index >= 15 is 0 Å². The van der Waals surface area contributed by atoms with Crippen LogP contribution < -0.4 is 10.9 Å². The number of aromatic amines is 1. The van der Waals surface area contributed by atoms with Gasteiger partial charge in [-0.25, -0.2) is 9.78 Å². The Hall–Kier alpha value is -3.44. The Labute approximate surface area is 190 Å². The van der Waals surface area contributed by atoms with Gasteiger partial charge in [-0.3, -0.25) is 14.9 Å². The molecule has 0 saturated heterocycles. The molecule has 1 aliphatic rings. The highest BCUT2D eigenvalue weighted by atomic mass is 32.2. The first-order valence-corrected chi connectivity index (χ1v) is 11.4. The van der Waals surface area contributed by atoms with Crippen LogP contribution in [0.1, 0.15) is 28.8 Å². The van der Waals surface area contributed by atoms with Crippen molar-refractivity contribution in [2.75, 3.05) is 12.4 Å². The number of rotatable bonds is 6. The summed E-state index contributed by atoms with van der Waals surface area (Å²) in [4.78, 5) is 44.1. The third-order valence-electron chi connectivity index (χ3n) is 4.98. The number of aromatic nitrogens is 2. The largest absolute Gasteiger partial charge is 0.466 e. The number of thioether (sulfide) groups is 1. The zero-order valence-corrected chi connectivity index (χ0v) is 18.7. The number of hydrogen-bond acceptors (Lipinski definition) is 9. The molecule has 1 unspecified atom stereocenters. The van der Waals surface area contributed by atoms with Crippen LogP contribution in [0.4, 0.5) is 11.5 Å². The summed E-state index contributed by atoms with van der Waals surface area (Å²) in [5, 5.41) is 16.2. The third-order valence-corrected chi connectivity index (χ3v) is 6.86. The molecule has 2 aromatic heterocycles. The number of fused-ring (bicyclic) bond motifs is 1. The minimum absolute atomic E-state index is 0.0200. The number of nitrogens with one attached hydrogen (secondary N) is 2. The van der Waals surface area contributed by atoms with Crippen LogP contribution >= 0.6 is 23.1 Å². The number of esters is 1. The number of nitro benzene ring substituents is 1. The van der Waals surface area contributed by atoms with E-state index in [9.17, 15) is 19.7 Å². The lowest BCUT2D eigenvalue weighted by atomic mass is 9.86. The smallest absolute Gasteiger partial charge is 0.336 e. The Morgan fingerprint density at radius 3 is 2.69 bits per heavy atom. The molecule has 1 atom stereocenters. The average Bonchev–Trinajstić information content (AvgIpc) is 3.31. The molecule has 11 heteroatoms. The third kappa shape index (κ3) is 4.16. The minimum atomic E-state index is -0.580. The van der Waals surface area contributed by atoms with Crippen molar-refractivity contribution in [1.29, 1.82) is 0 Å². The average molecular weight is 471 g/mol. The molecule has 1 aliphatic heterocycles. The minimum Gasteiger partial charge on any atom is -0.466 e. The topological polar surface area (TPSA) is 127 Å². The van der Waals surface area contributed by atoms with Gasteiger partial charge in [-0.2, -0.15) is 0 Å². The maximum Gasteiger partial charge on any atom is 0.336 e. The Morgan fingerprint density at radius 2 is 2.06 bits per heavy atom. The van der Waals surface area contributed by atoms with Gasteiger partial charge in [0.05, 0.1) is 29.1 Å². The summed E-state index contributed by atoms with van der Waals surface area (Å²) in [6, 6.07) is 9.95. The molecule has 3 heterocycles. The highest BCUT2D eigenvalue weighted by Crippen LogP contribution is 2.41. The number of methoxy groups -OCH3 is 1. The lowest BCUT2D eigenvalue weighted by Gasteiger charge is -2.27. The normalized spacial score (nSPS) is 15.1. The Bertz CT molecular complexity index is 1270. The van der Waals surface area contributed by atoms with E-state index in [0.717, 1.165) is 10.4 Å². The number of carbonyl (C=O) groups excluding carboxylic acids is 1. The molecule has 0 amide bonds. The highest BCUT2D eigenvalue weighted by molar-refractivity contribution is 7.98. The lowest BCUT2D eigenvalue weighted by Crippen LogP contribution is -2.30. The van der Waals surface area contributed by atoms with Gasteiger partial charge >= 0.3 is 5.97 Å². The van der Waals surface area contributed by atoms with Gasteiger partial charge in [-0.15, -0.1) is 11.3 Å². The number of nitrogens with zero attached hydrogens (tertiary/aromatic N) is 2. The monoisotopic (exact) mass is 470 g/mol. The number of thiophene rings is 1. The van der Waals surface area contributed by atoms with Gasteiger partial charge in [0.25, 0.3) is 11.2 Å². The van der Waals surface area contributed by atoms with Gasteiger partial charge in [-0.1, -0.05) is 30.0 Å². The summed E-state index contributed by atoms with van der Waals surface area (Å²) in [6.07, 6.45) is 0. The molecule has 0 radical (unpaired) electrons. The maximum atomic E-state index is 13.1. The summed E-state index contributed by atoms with van der Waals surface area (Å²) in [5.74, 6) is -0.224. The van der Waals surface area contributed by atoms with Gasteiger partial charge < -0.3 is 15.0 Å². The van der Waals surface area contributed by atoms with Gasteiger partial charge in [0, 0.05) is 28.5 Å². The zero-order chi connectivity index (χ0) is 22.8. The summed E-state index contributed by atoms with van der Waals surface area (Å²) >= 11 is 2.75. The Morgan fingerprint density at radius 1 is 1.31 bits per heavy atom. The molecular weight excluding hydrogens is 452 g/mol. The summed E-state index contributed by atoms with van der Waals surface area (Å²) < 4.78 is 4.97. The first-order valence-electron chi connectivity index (χ1n) is 9.49. The van der Waals surface area contributed by atoms with E-state index in [1.165, 1.54) is 42.3 Å². The first kappa shape index (κ1) is 21.8. The molecule has 0 bridgehead atoms. The van der Waals surface area contributed by atoms with Crippen LogP contribution in [0.2, 0.25) is 0 Å². The second-order valence-electron chi connectivity index (χ2n) is 6.95. The van der Waals surface area contributed by atoms with Crippen molar-refractivity contribution in [1.82, 2.24) is 9.97 Å². The molecule has 1 aromatic carbocycles. The fourth-order valence-corrected chi connectivity index (χ4v) is 5.15. The number of carbonyl (C=O) groups is 1. The lowest BCUT2D eigenvalue weighted by molar-refractivity contribution is -0.384. The van der Waals surface area contributed by atoms with Crippen LogP contribution in [0.25, 0.3) is 0 Å². The molecule has 0 spiro atoms. The quantitative estimate of drug-likeness (QED) is 0.182. The summed E-state index contributed by atoms with van der Waals surface area (Å²) in [5.41, 5.74) is 1.84. The van der Waals surface area contributed by atoms with Crippen molar-refractivity contribution in [2.45, 2.75) is 23.8 Å². The number of hydrogen-bond donors (Lipinski definition) is 2. The number of H-pyrrole nitrogens is 1. The standard InChI is InChI=1S/C21H18N4O5S2/c1-11-15(20(27)30-2)16(14-4-3-9-31-14)17-18(22-11)23-21(24-19(17)26)32-10-12-5-7-13(8-6-12)25(28)29/h3-9,16H,10H2,1-2H3,(H2,22,23,24,26). The highest BCUT2D eigenvalue weighted by Gasteiger charge is 2.36. The van der Waals surface area contributed by atoms with Crippen LogP contribution in [0, 0.1) is 10.1 Å². The van der Waals surface area contributed by atoms with Gasteiger partial charge in [0.1, 0.15) is 5.82 Å². The number of ether oxygens (including phenoxy) is 1. The molecule has 3 aromatic rings. The molecule has 0 aliphatic carbocycles. The molecule has 164 valence electrons. The molecule has 4 rings (SSSR count). The number of nitro groups is 1. The Kier molecular flexibility index (Phi) is 6.10. The van der Waals surface area contributed by atoms with E-state index in [0.29, 0.717) is 33.6 Å². The fraction of sp³-hybridized carbons (Fsp3) is 0.190. The predicted octanol–water partition coefficient (Wildman–Crippen LogP) is 4.04. The van der Waals surface area contributed by atoms with E-state index < -0.39 is 16.8 Å². The number of anilines is 1. The van der Waals surface area contributed by atoms with Crippen molar-refractivity contribution in [3.63, 3.8) is 0 Å². The molecule has 0 saturated carbocycles. The molecular formula is C21H18N4O5S2. The fourth-order valence-electron chi connectivity index (χ4n) is 3.49. The number of non-ortho nitro benzene ring substituents is 1. The second kappa shape index (κ2) is 8.97. The number of benzene rings is 1. The van der Waals surface area contributed by atoms with Crippen molar-refractivity contribution in [3.8, 4) is 0 Å². The van der Waals surface area contributed by atoms with Crippen LogP contribution in [-0.4, -0.2) is 28.0 Å². The molecule has 2 N–H and O–H groups in total. The van der Waals surface area contributed by atoms with Crippen LogP contribution in [-0.2, 0) is 15.3 Å². The molecule has 0 fully saturated rings. The van der Waals surface area contributed by atoms with Crippen LogP contribution in [0.3, 0.4) is 0 Å². The molecule has 9 nitrogen and oxygen atoms in total. The first-order chi connectivity index (χ1) is 15.4. The van der Waals surface area contributed by atoms with Gasteiger partial charge in [0.15, 0.2) is 5.16 Å². The van der Waals surface area contributed by atoms with E-state index in [2.05, 4.69) is 15.3 Å². The van der Waals surface area contributed by atoms with Crippen molar-refractivity contribution in [3.05, 3.63) is 89.5 Å². The van der Waals surface area contributed by atoms with E-state index in [1.807, 2.05) is 17.5 Å². The van der Waals surface area contributed by atoms with E-state index in [4.69, 9.17) is 4.74 Å². The zero-order valence-electron chi connectivity index (χ0n) is 17.1. The van der Waals surface area contributed by atoms with Crippen molar-refractivity contribution >= 4 is 40.6 Å².